The average molecular weight is 238 g/mol. The minimum atomic E-state index is -0.348. The van der Waals surface area contributed by atoms with Crippen LogP contribution in [0.4, 0.5) is 8.78 Å². The Kier molecular flexibility index (Phi) is 9.83. The van der Waals surface area contributed by atoms with E-state index in [0.717, 1.165) is 0 Å². The van der Waals surface area contributed by atoms with Crippen LogP contribution in [-0.4, -0.2) is 39.8 Å². The number of ether oxygens (including phenoxy) is 2. The van der Waals surface area contributed by atoms with E-state index in [-0.39, 0.29) is 31.1 Å². The fourth-order valence-corrected chi connectivity index (χ4v) is 1.08. The third-order valence-corrected chi connectivity index (χ3v) is 2.14. The molecule has 0 aliphatic heterocycles. The van der Waals surface area contributed by atoms with Gasteiger partial charge in [-0.2, -0.15) is 0 Å². The minimum Gasteiger partial charge on any atom is -0.381 e. The SMILES string of the molecule is CC(CF)COCC(C)COCC(C)CF. The van der Waals surface area contributed by atoms with Gasteiger partial charge in [0.25, 0.3) is 0 Å². The van der Waals surface area contributed by atoms with Gasteiger partial charge >= 0.3 is 0 Å². The van der Waals surface area contributed by atoms with E-state index in [9.17, 15) is 8.78 Å². The highest BCUT2D eigenvalue weighted by Crippen LogP contribution is 2.03. The monoisotopic (exact) mass is 238 g/mol. The summed E-state index contributed by atoms with van der Waals surface area (Å²) in [6, 6.07) is 0. The molecular formula is C12H24F2O2. The molecule has 2 atom stereocenters. The van der Waals surface area contributed by atoms with E-state index in [1.54, 1.807) is 0 Å². The summed E-state index contributed by atoms with van der Waals surface area (Å²) >= 11 is 0. The zero-order valence-electron chi connectivity index (χ0n) is 10.5. The zero-order valence-corrected chi connectivity index (χ0v) is 10.5. The van der Waals surface area contributed by atoms with Gasteiger partial charge in [0.2, 0.25) is 0 Å². The molecule has 0 aliphatic carbocycles. The fourth-order valence-electron chi connectivity index (χ4n) is 1.08. The first-order valence-corrected chi connectivity index (χ1v) is 5.87. The van der Waals surface area contributed by atoms with Crippen LogP contribution in [0.2, 0.25) is 0 Å². The van der Waals surface area contributed by atoms with Crippen molar-refractivity contribution in [3.8, 4) is 0 Å². The Morgan fingerprint density at radius 2 is 1.00 bits per heavy atom. The van der Waals surface area contributed by atoms with Crippen molar-refractivity contribution in [2.75, 3.05) is 39.8 Å². The molecule has 98 valence electrons. The Labute approximate surface area is 97.3 Å². The van der Waals surface area contributed by atoms with Gasteiger partial charge in [-0.25, -0.2) is 0 Å². The van der Waals surface area contributed by atoms with Crippen molar-refractivity contribution in [1.82, 2.24) is 0 Å². The number of hydrogen-bond acceptors (Lipinski definition) is 2. The minimum absolute atomic E-state index is 0.0420. The van der Waals surface area contributed by atoms with Gasteiger partial charge in [-0.15, -0.1) is 0 Å². The summed E-state index contributed by atoms with van der Waals surface area (Å²) in [6.07, 6.45) is 0. The second-order valence-electron chi connectivity index (χ2n) is 4.70. The smallest absolute Gasteiger partial charge is 0.0941 e. The van der Waals surface area contributed by atoms with E-state index >= 15 is 0 Å². The lowest BCUT2D eigenvalue weighted by Gasteiger charge is -2.15. The van der Waals surface area contributed by atoms with Gasteiger partial charge < -0.3 is 9.47 Å². The molecule has 16 heavy (non-hydrogen) atoms. The molecule has 0 spiro atoms. The highest BCUT2D eigenvalue weighted by molar-refractivity contribution is 4.53. The molecule has 0 saturated heterocycles. The lowest BCUT2D eigenvalue weighted by atomic mass is 10.2. The molecule has 0 amide bonds. The van der Waals surface area contributed by atoms with Gasteiger partial charge in [-0.3, -0.25) is 8.78 Å². The lowest BCUT2D eigenvalue weighted by molar-refractivity contribution is 0.0215. The summed E-state index contributed by atoms with van der Waals surface area (Å²) in [5, 5.41) is 0. The number of hydrogen-bond donors (Lipinski definition) is 0. The summed E-state index contributed by atoms with van der Waals surface area (Å²) in [5.74, 6) is 0.179. The molecular weight excluding hydrogens is 214 g/mol. The lowest BCUT2D eigenvalue weighted by Crippen LogP contribution is -2.18. The second-order valence-corrected chi connectivity index (χ2v) is 4.70. The summed E-state index contributed by atoms with van der Waals surface area (Å²) in [7, 11) is 0. The van der Waals surface area contributed by atoms with Crippen molar-refractivity contribution < 1.29 is 18.3 Å². The van der Waals surface area contributed by atoms with Crippen LogP contribution in [0.3, 0.4) is 0 Å². The first kappa shape index (κ1) is 15.8. The van der Waals surface area contributed by atoms with Crippen LogP contribution >= 0.6 is 0 Å². The molecule has 0 rings (SSSR count). The van der Waals surface area contributed by atoms with Crippen molar-refractivity contribution in [2.24, 2.45) is 17.8 Å². The normalized spacial score (nSPS) is 17.1. The number of alkyl halides is 2. The molecule has 0 aromatic rings. The molecule has 0 bridgehead atoms. The molecule has 0 aliphatic rings. The molecule has 0 aromatic heterocycles. The highest BCUT2D eigenvalue weighted by atomic mass is 19.1. The molecule has 0 fully saturated rings. The molecule has 4 heteroatoms. The Morgan fingerprint density at radius 1 is 0.688 bits per heavy atom. The molecule has 2 unspecified atom stereocenters. The Morgan fingerprint density at radius 3 is 1.31 bits per heavy atom. The van der Waals surface area contributed by atoms with Gasteiger partial charge in [0, 0.05) is 17.8 Å². The van der Waals surface area contributed by atoms with Crippen LogP contribution in [0.25, 0.3) is 0 Å². The maximum absolute atomic E-state index is 12.1. The molecule has 0 saturated carbocycles. The summed E-state index contributed by atoms with van der Waals surface area (Å²) < 4.78 is 34.9. The largest absolute Gasteiger partial charge is 0.381 e. The Bertz CT molecular complexity index is 140. The molecule has 0 N–H and O–H groups in total. The maximum atomic E-state index is 12.1. The van der Waals surface area contributed by atoms with Crippen molar-refractivity contribution in [2.45, 2.75) is 20.8 Å². The fraction of sp³-hybridized carbons (Fsp3) is 1.00. The van der Waals surface area contributed by atoms with Gasteiger partial charge in [-0.05, 0) is 0 Å². The highest BCUT2D eigenvalue weighted by Gasteiger charge is 2.07. The molecule has 0 aromatic carbocycles. The second kappa shape index (κ2) is 9.97. The first-order chi connectivity index (χ1) is 7.60. The summed E-state index contributed by atoms with van der Waals surface area (Å²) in [6.45, 7) is 6.94. The Hall–Kier alpha value is -0.220. The van der Waals surface area contributed by atoms with Crippen LogP contribution in [0.1, 0.15) is 20.8 Å². The van der Waals surface area contributed by atoms with E-state index in [0.29, 0.717) is 26.4 Å². The van der Waals surface area contributed by atoms with E-state index in [1.165, 1.54) is 0 Å². The molecule has 0 radical (unpaired) electrons. The number of rotatable bonds is 10. The predicted molar refractivity (Wildman–Crippen MR) is 61.1 cm³/mol. The van der Waals surface area contributed by atoms with E-state index in [1.807, 2.05) is 20.8 Å². The van der Waals surface area contributed by atoms with E-state index in [2.05, 4.69) is 0 Å². The average Bonchev–Trinajstić information content (AvgIpc) is 2.28. The van der Waals surface area contributed by atoms with Crippen molar-refractivity contribution in [3.63, 3.8) is 0 Å². The maximum Gasteiger partial charge on any atom is 0.0941 e. The van der Waals surface area contributed by atoms with Crippen LogP contribution in [0, 0.1) is 17.8 Å². The van der Waals surface area contributed by atoms with Gasteiger partial charge in [0.05, 0.1) is 39.8 Å². The first-order valence-electron chi connectivity index (χ1n) is 5.87. The van der Waals surface area contributed by atoms with E-state index < -0.39 is 0 Å². The van der Waals surface area contributed by atoms with Crippen molar-refractivity contribution in [3.05, 3.63) is 0 Å². The van der Waals surface area contributed by atoms with Gasteiger partial charge in [0.15, 0.2) is 0 Å². The van der Waals surface area contributed by atoms with Crippen LogP contribution in [0.5, 0.6) is 0 Å². The third kappa shape index (κ3) is 9.04. The van der Waals surface area contributed by atoms with E-state index in [4.69, 9.17) is 9.47 Å². The summed E-state index contributed by atoms with van der Waals surface area (Å²) in [4.78, 5) is 0. The number of halogens is 2. The van der Waals surface area contributed by atoms with Gasteiger partial charge in [0.1, 0.15) is 0 Å². The van der Waals surface area contributed by atoms with Crippen LogP contribution in [-0.2, 0) is 9.47 Å². The van der Waals surface area contributed by atoms with Gasteiger partial charge in [-0.1, -0.05) is 20.8 Å². The van der Waals surface area contributed by atoms with Crippen molar-refractivity contribution in [1.29, 1.82) is 0 Å². The van der Waals surface area contributed by atoms with Crippen LogP contribution in [0.15, 0.2) is 0 Å². The quantitative estimate of drug-likeness (QED) is 0.582. The van der Waals surface area contributed by atoms with Crippen molar-refractivity contribution >= 4 is 0 Å². The third-order valence-electron chi connectivity index (χ3n) is 2.14. The Balaban J connectivity index is 3.34. The summed E-state index contributed by atoms with van der Waals surface area (Å²) in [5.41, 5.74) is 0. The zero-order chi connectivity index (χ0) is 12.4. The molecule has 2 nitrogen and oxygen atoms in total. The molecule has 0 heterocycles. The predicted octanol–water partition coefficient (Wildman–Crippen LogP) is 2.87. The topological polar surface area (TPSA) is 18.5 Å². The van der Waals surface area contributed by atoms with Crippen LogP contribution < -0.4 is 0 Å². The standard InChI is InChI=1S/C12H24F2O2/c1-10(4-13)6-15-8-12(3)9-16-7-11(2)5-14/h10-12H,4-9H2,1-3H3.